The van der Waals surface area contributed by atoms with E-state index in [9.17, 15) is 5.11 Å². The number of rotatable bonds is 6. The zero-order valence-corrected chi connectivity index (χ0v) is 16.1. The van der Waals surface area contributed by atoms with Crippen LogP contribution >= 0.6 is 0 Å². The van der Waals surface area contributed by atoms with Gasteiger partial charge in [-0.05, 0) is 48.6 Å². The minimum atomic E-state index is 0.240. The first-order valence-electron chi connectivity index (χ1n) is 10.1. The van der Waals surface area contributed by atoms with Gasteiger partial charge >= 0.3 is 0 Å². The van der Waals surface area contributed by atoms with Gasteiger partial charge in [-0.3, -0.25) is 9.97 Å². The van der Waals surface area contributed by atoms with Gasteiger partial charge in [0.25, 0.3) is 0 Å². The van der Waals surface area contributed by atoms with Crippen LogP contribution in [0.4, 0.5) is 0 Å². The molecule has 5 nitrogen and oxygen atoms in total. The smallest absolute Gasteiger partial charge is 0.120 e. The maximum absolute atomic E-state index is 9.29. The molecule has 0 fully saturated rings. The van der Waals surface area contributed by atoms with Gasteiger partial charge in [0.15, 0.2) is 0 Å². The molecule has 2 heterocycles. The Morgan fingerprint density at radius 3 is 2.79 bits per heavy atom. The van der Waals surface area contributed by atoms with Crippen molar-refractivity contribution >= 4 is 10.9 Å². The molecule has 1 aliphatic rings. The van der Waals surface area contributed by atoms with E-state index in [-0.39, 0.29) is 6.61 Å². The van der Waals surface area contributed by atoms with Gasteiger partial charge in [0.2, 0.25) is 0 Å². The lowest BCUT2D eigenvalue weighted by atomic mass is 10.0. The summed E-state index contributed by atoms with van der Waals surface area (Å²) in [5.41, 5.74) is 6.86. The number of aromatic nitrogens is 3. The van der Waals surface area contributed by atoms with Crippen molar-refractivity contribution in [2.75, 3.05) is 6.61 Å². The molecule has 2 aromatic heterocycles. The summed E-state index contributed by atoms with van der Waals surface area (Å²) in [6, 6.07) is 14.5. The minimum Gasteiger partial charge on any atom is -0.489 e. The van der Waals surface area contributed by atoms with E-state index in [1.54, 1.807) is 18.6 Å². The first kappa shape index (κ1) is 17.9. The van der Waals surface area contributed by atoms with Gasteiger partial charge in [-0.2, -0.15) is 0 Å². The number of hydrogen-bond acceptors (Lipinski definition) is 4. The molecule has 4 aromatic rings. The summed E-state index contributed by atoms with van der Waals surface area (Å²) in [6.45, 7) is 0.759. The van der Waals surface area contributed by atoms with E-state index >= 15 is 0 Å². The van der Waals surface area contributed by atoms with Crippen LogP contribution in [0.5, 0.6) is 5.75 Å². The van der Waals surface area contributed by atoms with Crippen LogP contribution in [0.15, 0.2) is 61.1 Å². The number of aliphatic hydroxyl groups excluding tert-OH is 1. The Morgan fingerprint density at radius 2 is 2.00 bits per heavy atom. The average molecular weight is 385 g/mol. The van der Waals surface area contributed by atoms with E-state index in [1.807, 2.05) is 18.2 Å². The minimum absolute atomic E-state index is 0.240. The van der Waals surface area contributed by atoms with Crippen molar-refractivity contribution in [3.63, 3.8) is 0 Å². The number of fused-ring (bicyclic) bond motifs is 3. The largest absolute Gasteiger partial charge is 0.489 e. The molecule has 29 heavy (non-hydrogen) atoms. The monoisotopic (exact) mass is 385 g/mol. The summed E-state index contributed by atoms with van der Waals surface area (Å²) in [7, 11) is 0. The number of nitrogens with zero attached hydrogens (tertiary/aromatic N) is 2. The van der Waals surface area contributed by atoms with Crippen molar-refractivity contribution in [3.8, 4) is 17.0 Å². The van der Waals surface area contributed by atoms with Gasteiger partial charge in [0, 0.05) is 47.1 Å². The molecule has 1 unspecified atom stereocenters. The first-order valence-corrected chi connectivity index (χ1v) is 10.1. The first-order chi connectivity index (χ1) is 14.3. The molecule has 5 heteroatoms. The molecule has 2 N–H and O–H groups in total. The molecule has 0 aliphatic heterocycles. The van der Waals surface area contributed by atoms with Crippen molar-refractivity contribution in [1.82, 2.24) is 15.0 Å². The summed E-state index contributed by atoms with van der Waals surface area (Å²) < 4.78 is 6.07. The van der Waals surface area contributed by atoms with Crippen LogP contribution < -0.4 is 4.74 Å². The summed E-state index contributed by atoms with van der Waals surface area (Å²) in [5.74, 6) is 1.32. The van der Waals surface area contributed by atoms with E-state index in [4.69, 9.17) is 4.74 Å². The number of aromatic amines is 1. The van der Waals surface area contributed by atoms with Gasteiger partial charge in [-0.1, -0.05) is 24.3 Å². The fourth-order valence-electron chi connectivity index (χ4n) is 4.25. The molecule has 1 atom stereocenters. The van der Waals surface area contributed by atoms with Crippen molar-refractivity contribution in [3.05, 3.63) is 77.9 Å². The van der Waals surface area contributed by atoms with Crippen LogP contribution in [0.2, 0.25) is 0 Å². The lowest BCUT2D eigenvalue weighted by Gasteiger charge is -2.08. The quantitative estimate of drug-likeness (QED) is 0.508. The number of ether oxygens (including phenoxy) is 1. The molecule has 2 aromatic carbocycles. The normalized spacial score (nSPS) is 15.6. The number of nitrogens with one attached hydrogen (secondary N) is 1. The Kier molecular flexibility index (Phi) is 4.74. The predicted molar refractivity (Wildman–Crippen MR) is 113 cm³/mol. The number of benzene rings is 2. The van der Waals surface area contributed by atoms with Gasteiger partial charge < -0.3 is 14.8 Å². The number of H-pyrrole nitrogens is 1. The molecule has 0 saturated carbocycles. The molecule has 0 spiro atoms. The van der Waals surface area contributed by atoms with E-state index < -0.39 is 0 Å². The third kappa shape index (κ3) is 3.49. The zero-order valence-electron chi connectivity index (χ0n) is 16.1. The number of hydrogen-bond donors (Lipinski definition) is 2. The van der Waals surface area contributed by atoms with Crippen LogP contribution in [-0.4, -0.2) is 26.7 Å². The Morgan fingerprint density at radius 1 is 1.10 bits per heavy atom. The van der Waals surface area contributed by atoms with Crippen molar-refractivity contribution < 1.29 is 9.84 Å². The molecular weight excluding hydrogens is 362 g/mol. The van der Waals surface area contributed by atoms with Crippen molar-refractivity contribution in [2.45, 2.75) is 31.8 Å². The molecule has 5 rings (SSSR count). The third-order valence-corrected chi connectivity index (χ3v) is 5.76. The second-order valence-corrected chi connectivity index (χ2v) is 7.55. The Labute approximate surface area is 169 Å². The van der Waals surface area contributed by atoms with E-state index in [0.29, 0.717) is 12.5 Å². The summed E-state index contributed by atoms with van der Waals surface area (Å²) in [6.07, 6.45) is 8.14. The fourth-order valence-corrected chi connectivity index (χ4v) is 4.25. The third-order valence-electron chi connectivity index (χ3n) is 5.76. The van der Waals surface area contributed by atoms with Crippen molar-refractivity contribution in [1.29, 1.82) is 0 Å². The Balaban J connectivity index is 1.31. The van der Waals surface area contributed by atoms with E-state index in [2.05, 4.69) is 39.2 Å². The average Bonchev–Trinajstić information content (AvgIpc) is 3.33. The van der Waals surface area contributed by atoms with Crippen LogP contribution in [0, 0.1) is 0 Å². The standard InChI is InChI=1S/C24H23N3O2/c28-12-9-18-5-7-20-21-13-19(6-8-22(21)27-24(18)20)29-15-16-1-3-17(4-2-16)23-14-25-10-11-26-23/h1-4,6,8,10-11,13-14,18,27-28H,5,7,9,12,15H2. The van der Waals surface area contributed by atoms with Crippen LogP contribution in [-0.2, 0) is 13.0 Å². The zero-order chi connectivity index (χ0) is 19.6. The molecule has 146 valence electrons. The van der Waals surface area contributed by atoms with Crippen molar-refractivity contribution in [2.24, 2.45) is 0 Å². The highest BCUT2D eigenvalue weighted by molar-refractivity contribution is 5.86. The summed E-state index contributed by atoms with van der Waals surface area (Å²) in [4.78, 5) is 12.0. The maximum Gasteiger partial charge on any atom is 0.120 e. The van der Waals surface area contributed by atoms with Gasteiger partial charge in [0.1, 0.15) is 12.4 Å². The van der Waals surface area contributed by atoms with E-state index in [1.165, 1.54) is 16.6 Å². The van der Waals surface area contributed by atoms with Gasteiger partial charge in [0.05, 0.1) is 11.9 Å². The second kappa shape index (κ2) is 7.68. The van der Waals surface area contributed by atoms with Crippen LogP contribution in [0.25, 0.3) is 22.2 Å². The predicted octanol–water partition coefficient (Wildman–Crippen LogP) is 4.62. The SMILES string of the molecule is OCCC1CCc2c1[nH]c1ccc(OCc3ccc(-c4cnccn4)cc3)cc21. The molecule has 0 saturated heterocycles. The lowest BCUT2D eigenvalue weighted by Crippen LogP contribution is -1.97. The maximum atomic E-state index is 9.29. The molecule has 1 aliphatic carbocycles. The number of aryl methyl sites for hydroxylation is 1. The lowest BCUT2D eigenvalue weighted by molar-refractivity contribution is 0.274. The molecule has 0 radical (unpaired) electrons. The molecule has 0 amide bonds. The van der Waals surface area contributed by atoms with Crippen LogP contribution in [0.3, 0.4) is 0 Å². The second-order valence-electron chi connectivity index (χ2n) is 7.55. The summed E-state index contributed by atoms with van der Waals surface area (Å²) >= 11 is 0. The van der Waals surface area contributed by atoms with Gasteiger partial charge in [-0.15, -0.1) is 0 Å². The topological polar surface area (TPSA) is 71.0 Å². The highest BCUT2D eigenvalue weighted by Crippen LogP contribution is 2.40. The number of aliphatic hydroxyl groups is 1. The Bertz CT molecular complexity index is 1120. The highest BCUT2D eigenvalue weighted by Gasteiger charge is 2.26. The highest BCUT2D eigenvalue weighted by atomic mass is 16.5. The molecular formula is C24H23N3O2. The summed E-state index contributed by atoms with van der Waals surface area (Å²) in [5, 5.41) is 10.5. The molecule has 0 bridgehead atoms. The van der Waals surface area contributed by atoms with E-state index in [0.717, 1.165) is 47.3 Å². The Hall–Kier alpha value is -3.18. The fraction of sp³-hybridized carbons (Fsp3) is 0.250. The van der Waals surface area contributed by atoms with Gasteiger partial charge in [-0.25, -0.2) is 0 Å². The van der Waals surface area contributed by atoms with Crippen LogP contribution in [0.1, 0.15) is 35.6 Å².